The largest absolute Gasteiger partial charge is 0.480 e. The monoisotopic (exact) mass is 280 g/mol. The molecule has 1 N–H and O–H groups in total. The molecule has 0 aliphatic carbocycles. The van der Waals surface area contributed by atoms with E-state index in [1.807, 2.05) is 0 Å². The molecule has 0 radical (unpaired) electrons. The van der Waals surface area contributed by atoms with Crippen LogP contribution in [-0.4, -0.2) is 24.7 Å². The molecule has 17 heavy (non-hydrogen) atoms. The summed E-state index contributed by atoms with van der Waals surface area (Å²) in [4.78, 5) is 10.6. The van der Waals surface area contributed by atoms with Gasteiger partial charge in [-0.05, 0) is 24.6 Å². The SMILES string of the molecule is CC(C(=O)O)S(=O)(=O)Cc1ccc(Cl)c(F)c1. The Morgan fingerprint density at radius 3 is 2.59 bits per heavy atom. The zero-order valence-electron chi connectivity index (χ0n) is 8.85. The van der Waals surface area contributed by atoms with Gasteiger partial charge in [0, 0.05) is 0 Å². The second kappa shape index (κ2) is 5.01. The Balaban J connectivity index is 2.98. The number of carboxylic acids is 1. The van der Waals surface area contributed by atoms with Crippen LogP contribution in [0.5, 0.6) is 0 Å². The molecule has 7 heteroatoms. The zero-order valence-corrected chi connectivity index (χ0v) is 10.4. The lowest BCUT2D eigenvalue weighted by atomic mass is 10.2. The molecule has 1 atom stereocenters. The minimum atomic E-state index is -3.85. The average molecular weight is 281 g/mol. The van der Waals surface area contributed by atoms with Gasteiger partial charge in [-0.15, -0.1) is 0 Å². The highest BCUT2D eigenvalue weighted by Gasteiger charge is 2.27. The highest BCUT2D eigenvalue weighted by atomic mass is 35.5. The third-order valence-corrected chi connectivity index (χ3v) is 4.56. The van der Waals surface area contributed by atoms with Crippen molar-refractivity contribution < 1.29 is 22.7 Å². The molecule has 0 amide bonds. The van der Waals surface area contributed by atoms with E-state index in [0.717, 1.165) is 13.0 Å². The number of carboxylic acid groups (broad SMARTS) is 1. The minimum Gasteiger partial charge on any atom is -0.480 e. The lowest BCUT2D eigenvalue weighted by molar-refractivity contribution is -0.136. The number of aliphatic carboxylic acids is 1. The van der Waals surface area contributed by atoms with Gasteiger partial charge in [0.05, 0.1) is 10.8 Å². The van der Waals surface area contributed by atoms with Crippen LogP contribution in [0, 0.1) is 5.82 Å². The first-order valence-electron chi connectivity index (χ1n) is 4.62. The second-order valence-electron chi connectivity index (χ2n) is 3.54. The predicted octanol–water partition coefficient (Wildman–Crippen LogP) is 1.87. The van der Waals surface area contributed by atoms with Gasteiger partial charge in [0.15, 0.2) is 15.1 Å². The summed E-state index contributed by atoms with van der Waals surface area (Å²) in [5, 5.41) is 6.98. The van der Waals surface area contributed by atoms with Gasteiger partial charge in [-0.25, -0.2) is 12.8 Å². The van der Waals surface area contributed by atoms with Gasteiger partial charge in [0.2, 0.25) is 0 Å². The fourth-order valence-electron chi connectivity index (χ4n) is 1.14. The molecule has 0 saturated heterocycles. The van der Waals surface area contributed by atoms with Crippen LogP contribution < -0.4 is 0 Å². The highest BCUT2D eigenvalue weighted by Crippen LogP contribution is 2.18. The highest BCUT2D eigenvalue weighted by molar-refractivity contribution is 7.91. The fraction of sp³-hybridized carbons (Fsp3) is 0.300. The number of carbonyl (C=O) groups is 1. The van der Waals surface area contributed by atoms with Crippen LogP contribution >= 0.6 is 11.6 Å². The van der Waals surface area contributed by atoms with Crippen molar-refractivity contribution in [2.75, 3.05) is 0 Å². The van der Waals surface area contributed by atoms with E-state index in [1.165, 1.54) is 12.1 Å². The van der Waals surface area contributed by atoms with Crippen LogP contribution in [0.4, 0.5) is 4.39 Å². The predicted molar refractivity (Wildman–Crippen MR) is 61.1 cm³/mol. The maximum absolute atomic E-state index is 13.1. The summed E-state index contributed by atoms with van der Waals surface area (Å²) < 4.78 is 36.3. The summed E-state index contributed by atoms with van der Waals surface area (Å²) in [6.45, 7) is 1.07. The molecule has 0 saturated carbocycles. The molecule has 0 fully saturated rings. The number of sulfone groups is 1. The Hall–Kier alpha value is -1.14. The van der Waals surface area contributed by atoms with Crippen LogP contribution in [0.3, 0.4) is 0 Å². The average Bonchev–Trinajstić information content (AvgIpc) is 2.22. The molecule has 94 valence electrons. The van der Waals surface area contributed by atoms with Gasteiger partial charge >= 0.3 is 5.97 Å². The third-order valence-electron chi connectivity index (χ3n) is 2.24. The summed E-state index contributed by atoms with van der Waals surface area (Å²) in [5.74, 6) is -2.70. The first kappa shape index (κ1) is 13.9. The topological polar surface area (TPSA) is 71.4 Å². The van der Waals surface area contributed by atoms with E-state index in [-0.39, 0.29) is 10.6 Å². The number of rotatable bonds is 4. The molecule has 1 aromatic carbocycles. The second-order valence-corrected chi connectivity index (χ2v) is 6.26. The van der Waals surface area contributed by atoms with E-state index < -0.39 is 32.6 Å². The van der Waals surface area contributed by atoms with Crippen LogP contribution in [0.15, 0.2) is 18.2 Å². The molecule has 0 heterocycles. The maximum atomic E-state index is 13.1. The number of hydrogen-bond donors (Lipinski definition) is 1. The Morgan fingerprint density at radius 1 is 1.53 bits per heavy atom. The Bertz CT molecular complexity index is 541. The number of halogens is 2. The molecule has 0 spiro atoms. The zero-order chi connectivity index (χ0) is 13.2. The first-order chi connectivity index (χ1) is 7.74. The summed E-state index contributed by atoms with van der Waals surface area (Å²) in [7, 11) is -3.85. The van der Waals surface area contributed by atoms with E-state index in [4.69, 9.17) is 16.7 Å². The molecule has 1 rings (SSSR count). The summed E-state index contributed by atoms with van der Waals surface area (Å²) >= 11 is 5.45. The lowest BCUT2D eigenvalue weighted by Gasteiger charge is -2.08. The van der Waals surface area contributed by atoms with Crippen molar-refractivity contribution in [3.05, 3.63) is 34.6 Å². The Morgan fingerprint density at radius 2 is 2.12 bits per heavy atom. The van der Waals surface area contributed by atoms with E-state index in [9.17, 15) is 17.6 Å². The van der Waals surface area contributed by atoms with Crippen molar-refractivity contribution in [3.63, 3.8) is 0 Å². The van der Waals surface area contributed by atoms with Gasteiger partial charge < -0.3 is 5.11 Å². The van der Waals surface area contributed by atoms with Crippen LogP contribution in [0.25, 0.3) is 0 Å². The van der Waals surface area contributed by atoms with E-state index in [1.54, 1.807) is 0 Å². The normalized spacial score (nSPS) is 13.4. The molecule has 0 aromatic heterocycles. The maximum Gasteiger partial charge on any atom is 0.321 e. The number of hydrogen-bond acceptors (Lipinski definition) is 3. The van der Waals surface area contributed by atoms with Crippen molar-refractivity contribution in [1.82, 2.24) is 0 Å². The molecule has 0 bridgehead atoms. The molecule has 4 nitrogen and oxygen atoms in total. The van der Waals surface area contributed by atoms with Gasteiger partial charge in [-0.2, -0.15) is 0 Å². The molecule has 1 aromatic rings. The summed E-state index contributed by atoms with van der Waals surface area (Å²) in [5.41, 5.74) is 0.167. The van der Waals surface area contributed by atoms with Crippen LogP contribution in [-0.2, 0) is 20.4 Å². The quantitative estimate of drug-likeness (QED) is 0.914. The minimum absolute atomic E-state index is 0.113. The Kier molecular flexibility index (Phi) is 4.11. The Labute approximate surface area is 103 Å². The van der Waals surface area contributed by atoms with E-state index in [2.05, 4.69) is 0 Å². The van der Waals surface area contributed by atoms with E-state index in [0.29, 0.717) is 0 Å². The molecular weight excluding hydrogens is 271 g/mol. The number of benzene rings is 1. The van der Waals surface area contributed by atoms with Gasteiger partial charge in [-0.1, -0.05) is 17.7 Å². The summed E-state index contributed by atoms with van der Waals surface area (Å²) in [6.07, 6.45) is 0. The van der Waals surface area contributed by atoms with Crippen molar-refractivity contribution in [3.8, 4) is 0 Å². The van der Waals surface area contributed by atoms with Gasteiger partial charge in [-0.3, -0.25) is 4.79 Å². The van der Waals surface area contributed by atoms with Crippen molar-refractivity contribution >= 4 is 27.4 Å². The first-order valence-corrected chi connectivity index (χ1v) is 6.71. The molecule has 1 unspecified atom stereocenters. The van der Waals surface area contributed by atoms with Crippen LogP contribution in [0.1, 0.15) is 12.5 Å². The fourth-order valence-corrected chi connectivity index (χ4v) is 2.46. The van der Waals surface area contributed by atoms with Crippen LogP contribution in [0.2, 0.25) is 5.02 Å². The van der Waals surface area contributed by atoms with Crippen molar-refractivity contribution in [2.24, 2.45) is 0 Å². The van der Waals surface area contributed by atoms with E-state index >= 15 is 0 Å². The molecule has 0 aliphatic rings. The summed E-state index contributed by atoms with van der Waals surface area (Å²) in [6, 6.07) is 3.55. The van der Waals surface area contributed by atoms with Crippen molar-refractivity contribution in [2.45, 2.75) is 17.9 Å². The molecule has 0 aliphatic heterocycles. The third kappa shape index (κ3) is 3.41. The van der Waals surface area contributed by atoms with Gasteiger partial charge in [0.1, 0.15) is 5.82 Å². The standard InChI is InChI=1S/C10H10ClFO4S/c1-6(10(13)14)17(15,16)5-7-2-3-8(11)9(12)4-7/h2-4,6H,5H2,1H3,(H,13,14). The lowest BCUT2D eigenvalue weighted by Crippen LogP contribution is -2.28. The smallest absolute Gasteiger partial charge is 0.321 e. The van der Waals surface area contributed by atoms with Crippen molar-refractivity contribution in [1.29, 1.82) is 0 Å². The van der Waals surface area contributed by atoms with Gasteiger partial charge in [0.25, 0.3) is 0 Å². The molecular formula is C10H10ClFO4S.